The molecule has 0 fully saturated rings. The Bertz CT molecular complexity index is 606. The summed E-state index contributed by atoms with van der Waals surface area (Å²) < 4.78 is 0. The van der Waals surface area contributed by atoms with Gasteiger partial charge in [0.25, 0.3) is 5.91 Å². The van der Waals surface area contributed by atoms with Crippen molar-refractivity contribution >= 4 is 17.2 Å². The second-order valence-corrected chi connectivity index (χ2v) is 5.08. The molecular weight excluding hydrogens is 270 g/mol. The highest BCUT2D eigenvalue weighted by molar-refractivity contribution is 7.12. The lowest BCUT2D eigenvalue weighted by Crippen LogP contribution is -2.21. The number of carbonyl (C=O) groups is 1. The summed E-state index contributed by atoms with van der Waals surface area (Å²) in [7, 11) is 0. The van der Waals surface area contributed by atoms with Crippen molar-refractivity contribution in [2.75, 3.05) is 6.61 Å². The first-order valence-electron chi connectivity index (χ1n) is 6.30. The fourth-order valence-electron chi connectivity index (χ4n) is 1.60. The molecule has 0 unspecified atom stereocenters. The number of amides is 1. The summed E-state index contributed by atoms with van der Waals surface area (Å²) in [5, 5.41) is 13.4. The van der Waals surface area contributed by atoms with E-state index >= 15 is 0 Å². The predicted octanol–water partition coefficient (Wildman–Crippen LogP) is 2.41. The first kappa shape index (κ1) is 14.3. The second-order valence-electron chi connectivity index (χ2n) is 4.13. The van der Waals surface area contributed by atoms with Gasteiger partial charge in [0.05, 0.1) is 11.5 Å². The van der Waals surface area contributed by atoms with Crippen LogP contribution in [-0.4, -0.2) is 17.6 Å². The highest BCUT2D eigenvalue weighted by atomic mass is 32.1. The zero-order valence-electron chi connectivity index (χ0n) is 10.9. The van der Waals surface area contributed by atoms with Crippen molar-refractivity contribution in [1.29, 1.82) is 0 Å². The number of hydrogen-bond acceptors (Lipinski definition) is 3. The van der Waals surface area contributed by atoms with Crippen LogP contribution in [0, 0.1) is 11.8 Å². The summed E-state index contributed by atoms with van der Waals surface area (Å²) in [4.78, 5) is 12.5. The van der Waals surface area contributed by atoms with Crippen LogP contribution in [0.25, 0.3) is 0 Å². The van der Waals surface area contributed by atoms with Gasteiger partial charge in [0.1, 0.15) is 0 Å². The molecule has 2 aromatic rings. The van der Waals surface area contributed by atoms with Crippen LogP contribution in [0.15, 0.2) is 41.8 Å². The topological polar surface area (TPSA) is 49.3 Å². The maximum atomic E-state index is 11.8. The van der Waals surface area contributed by atoms with Gasteiger partial charge in [0.15, 0.2) is 0 Å². The van der Waals surface area contributed by atoms with Crippen LogP contribution in [0.4, 0.5) is 0 Å². The number of aliphatic hydroxyl groups is 1. The lowest BCUT2D eigenvalue weighted by molar-refractivity contribution is 0.0955. The Labute approximate surface area is 122 Å². The zero-order valence-corrected chi connectivity index (χ0v) is 11.7. The number of carbonyl (C=O) groups excluding carboxylic acids is 1. The predicted molar refractivity (Wildman–Crippen MR) is 80.5 cm³/mol. The van der Waals surface area contributed by atoms with Crippen molar-refractivity contribution < 1.29 is 9.90 Å². The first-order valence-corrected chi connectivity index (χ1v) is 7.18. The minimum absolute atomic E-state index is 0.0492. The molecule has 102 valence electrons. The highest BCUT2D eigenvalue weighted by Crippen LogP contribution is 2.09. The quantitative estimate of drug-likeness (QED) is 0.848. The molecule has 1 aromatic heterocycles. The van der Waals surface area contributed by atoms with Gasteiger partial charge in [-0.05, 0) is 29.1 Å². The smallest absolute Gasteiger partial charge is 0.261 e. The molecule has 0 aliphatic carbocycles. The van der Waals surface area contributed by atoms with E-state index in [9.17, 15) is 4.79 Å². The molecule has 20 heavy (non-hydrogen) atoms. The van der Waals surface area contributed by atoms with E-state index in [0.717, 1.165) is 16.0 Å². The Kier molecular flexibility index (Phi) is 5.36. The largest absolute Gasteiger partial charge is 0.395 e. The van der Waals surface area contributed by atoms with Crippen LogP contribution in [0.3, 0.4) is 0 Å². The van der Waals surface area contributed by atoms with Crippen LogP contribution in [0.5, 0.6) is 0 Å². The van der Waals surface area contributed by atoms with E-state index < -0.39 is 0 Å². The van der Waals surface area contributed by atoms with E-state index in [0.29, 0.717) is 13.0 Å². The molecule has 2 N–H and O–H groups in total. The van der Waals surface area contributed by atoms with Crippen molar-refractivity contribution in [3.63, 3.8) is 0 Å². The van der Waals surface area contributed by atoms with Crippen molar-refractivity contribution in [2.45, 2.75) is 13.0 Å². The number of nitrogens with one attached hydrogen (secondary N) is 1. The Morgan fingerprint density at radius 3 is 2.70 bits per heavy atom. The maximum Gasteiger partial charge on any atom is 0.261 e. The van der Waals surface area contributed by atoms with Crippen LogP contribution in [-0.2, 0) is 6.54 Å². The van der Waals surface area contributed by atoms with Gasteiger partial charge in [-0.1, -0.05) is 30.0 Å². The number of benzene rings is 1. The summed E-state index contributed by atoms with van der Waals surface area (Å²) in [6.45, 7) is 0.584. The Morgan fingerprint density at radius 2 is 2.05 bits per heavy atom. The molecule has 0 radical (unpaired) electrons. The van der Waals surface area contributed by atoms with Crippen molar-refractivity contribution in [2.24, 2.45) is 0 Å². The Balaban J connectivity index is 1.88. The fourth-order valence-corrected chi connectivity index (χ4v) is 2.24. The second kappa shape index (κ2) is 7.49. The van der Waals surface area contributed by atoms with Crippen LogP contribution in [0.1, 0.15) is 27.2 Å². The highest BCUT2D eigenvalue weighted by Gasteiger charge is 2.05. The Morgan fingerprint density at radius 1 is 1.25 bits per heavy atom. The minimum Gasteiger partial charge on any atom is -0.395 e. The summed E-state index contributed by atoms with van der Waals surface area (Å²) in [5.41, 5.74) is 1.94. The van der Waals surface area contributed by atoms with Gasteiger partial charge < -0.3 is 10.4 Å². The number of rotatable bonds is 4. The number of hydrogen-bond donors (Lipinski definition) is 2. The third-order valence-corrected chi connectivity index (χ3v) is 3.49. The average molecular weight is 285 g/mol. The van der Waals surface area contributed by atoms with Crippen LogP contribution in [0.2, 0.25) is 0 Å². The summed E-state index contributed by atoms with van der Waals surface area (Å²) >= 11 is 1.43. The standard InChI is InChI=1S/C16H15NO2S/c18-10-2-1-4-13-6-8-14(9-7-13)12-17-16(19)15-5-3-11-20-15/h3,5-9,11,18H,2,10,12H2,(H,17,19). The fraction of sp³-hybridized carbons (Fsp3) is 0.188. The van der Waals surface area contributed by atoms with Gasteiger partial charge in [0, 0.05) is 18.5 Å². The van der Waals surface area contributed by atoms with Gasteiger partial charge in [-0.2, -0.15) is 0 Å². The molecule has 0 atom stereocenters. The first-order chi connectivity index (χ1) is 9.79. The van der Waals surface area contributed by atoms with Gasteiger partial charge in [0.2, 0.25) is 0 Å². The maximum absolute atomic E-state index is 11.8. The molecule has 1 aromatic carbocycles. The molecule has 0 saturated carbocycles. The average Bonchev–Trinajstić information content (AvgIpc) is 3.01. The molecule has 3 nitrogen and oxygen atoms in total. The molecule has 0 saturated heterocycles. The van der Waals surface area contributed by atoms with E-state index in [1.165, 1.54) is 11.3 Å². The molecule has 1 heterocycles. The molecule has 0 aliphatic rings. The van der Waals surface area contributed by atoms with E-state index in [1.54, 1.807) is 6.07 Å². The molecule has 0 aliphatic heterocycles. The molecule has 2 rings (SSSR count). The number of aliphatic hydroxyl groups excluding tert-OH is 1. The molecular formula is C16H15NO2S. The summed E-state index contributed by atoms with van der Waals surface area (Å²) in [5.74, 6) is 5.79. The molecule has 0 bridgehead atoms. The van der Waals surface area contributed by atoms with Crippen molar-refractivity contribution in [3.8, 4) is 11.8 Å². The van der Waals surface area contributed by atoms with E-state index in [1.807, 2.05) is 35.7 Å². The van der Waals surface area contributed by atoms with Gasteiger partial charge in [-0.3, -0.25) is 4.79 Å². The third-order valence-electron chi connectivity index (χ3n) is 2.62. The van der Waals surface area contributed by atoms with Crippen LogP contribution >= 0.6 is 11.3 Å². The van der Waals surface area contributed by atoms with Gasteiger partial charge in [-0.25, -0.2) is 0 Å². The molecule has 0 spiro atoms. The van der Waals surface area contributed by atoms with Crippen LogP contribution < -0.4 is 5.32 Å². The normalized spacial score (nSPS) is 9.65. The zero-order chi connectivity index (χ0) is 14.2. The lowest BCUT2D eigenvalue weighted by atomic mass is 10.1. The summed E-state index contributed by atoms with van der Waals surface area (Å²) in [6, 6.07) is 11.4. The Hall–Kier alpha value is -2.09. The lowest BCUT2D eigenvalue weighted by Gasteiger charge is -2.03. The monoisotopic (exact) mass is 285 g/mol. The van der Waals surface area contributed by atoms with Gasteiger partial charge in [-0.15, -0.1) is 11.3 Å². The van der Waals surface area contributed by atoms with Crippen molar-refractivity contribution in [1.82, 2.24) is 5.32 Å². The summed E-state index contributed by atoms with van der Waals surface area (Å²) in [6.07, 6.45) is 0.485. The van der Waals surface area contributed by atoms with E-state index in [2.05, 4.69) is 17.2 Å². The third kappa shape index (κ3) is 4.23. The van der Waals surface area contributed by atoms with E-state index in [-0.39, 0.29) is 12.5 Å². The van der Waals surface area contributed by atoms with Gasteiger partial charge >= 0.3 is 0 Å². The van der Waals surface area contributed by atoms with Crippen molar-refractivity contribution in [3.05, 3.63) is 57.8 Å². The molecule has 4 heteroatoms. The SMILES string of the molecule is O=C(NCc1ccc(C#CCCO)cc1)c1cccs1. The number of thiophene rings is 1. The molecule has 1 amide bonds. The minimum atomic E-state index is -0.0492. The van der Waals surface area contributed by atoms with E-state index in [4.69, 9.17) is 5.11 Å².